The van der Waals surface area contributed by atoms with Gasteiger partial charge in [0, 0.05) is 32.2 Å². The number of hydrogen-bond donors (Lipinski definition) is 3. The summed E-state index contributed by atoms with van der Waals surface area (Å²) in [5.41, 5.74) is 8.41. The first kappa shape index (κ1) is 23.8. The fourth-order valence-corrected chi connectivity index (χ4v) is 3.18. The molecule has 1 aliphatic heterocycles. The average Bonchev–Trinajstić information content (AvgIpc) is 2.77. The molecule has 0 radical (unpaired) electrons. The Balaban J connectivity index is 2.20. The summed E-state index contributed by atoms with van der Waals surface area (Å²) >= 11 is 0. The lowest BCUT2D eigenvalue weighted by Crippen LogP contribution is -2.53. The molecule has 1 atom stereocenters. The lowest BCUT2D eigenvalue weighted by atomic mass is 10.0. The number of anilines is 1. The second-order valence-corrected chi connectivity index (χ2v) is 7.28. The predicted octanol–water partition coefficient (Wildman–Crippen LogP) is 1.81. The van der Waals surface area contributed by atoms with E-state index in [-0.39, 0.29) is 29.9 Å². The molecule has 1 aromatic carbocycles. The number of hydrogen-bond acceptors (Lipinski definition) is 6. The van der Waals surface area contributed by atoms with Gasteiger partial charge in [-0.05, 0) is 31.1 Å². The van der Waals surface area contributed by atoms with Crippen molar-refractivity contribution >= 4 is 29.7 Å². The average molecular weight is 425 g/mol. The molecule has 1 fully saturated rings. The van der Waals surface area contributed by atoms with Crippen molar-refractivity contribution < 1.29 is 19.2 Å². The SMILES string of the molecule is C=C/C(=C\C=C(/C)CNc1cccc(C(=O)N(C)C2CCC(=O)NC2=O)c1C=O)CN. The van der Waals surface area contributed by atoms with Crippen LogP contribution in [0.4, 0.5) is 5.69 Å². The Hall–Kier alpha value is -3.52. The van der Waals surface area contributed by atoms with Gasteiger partial charge in [-0.25, -0.2) is 0 Å². The summed E-state index contributed by atoms with van der Waals surface area (Å²) < 4.78 is 0. The minimum Gasteiger partial charge on any atom is -0.381 e. The number of nitrogens with zero attached hydrogens (tertiary/aromatic N) is 1. The first-order chi connectivity index (χ1) is 14.8. The zero-order valence-electron chi connectivity index (χ0n) is 17.8. The molecule has 0 spiro atoms. The van der Waals surface area contributed by atoms with Crippen molar-refractivity contribution in [2.24, 2.45) is 5.73 Å². The maximum absolute atomic E-state index is 13.0. The summed E-state index contributed by atoms with van der Waals surface area (Å²) in [6.45, 7) is 6.46. The number of aldehydes is 1. The van der Waals surface area contributed by atoms with Gasteiger partial charge in [-0.3, -0.25) is 24.5 Å². The molecule has 0 aromatic heterocycles. The number of allylic oxidation sites excluding steroid dienone is 2. The Morgan fingerprint density at radius 1 is 1.35 bits per heavy atom. The lowest BCUT2D eigenvalue weighted by molar-refractivity contribution is -0.136. The number of nitrogens with two attached hydrogens (primary N) is 1. The number of carbonyl (C=O) groups is 4. The van der Waals surface area contributed by atoms with Crippen LogP contribution in [0.3, 0.4) is 0 Å². The van der Waals surface area contributed by atoms with E-state index in [1.54, 1.807) is 24.3 Å². The minimum absolute atomic E-state index is 0.161. The molecule has 1 heterocycles. The molecule has 1 unspecified atom stereocenters. The Morgan fingerprint density at radius 2 is 2.10 bits per heavy atom. The Morgan fingerprint density at radius 3 is 2.71 bits per heavy atom. The molecular weight excluding hydrogens is 396 g/mol. The van der Waals surface area contributed by atoms with Crippen molar-refractivity contribution in [2.45, 2.75) is 25.8 Å². The van der Waals surface area contributed by atoms with E-state index in [1.807, 2.05) is 19.1 Å². The van der Waals surface area contributed by atoms with Crippen LogP contribution in [0.15, 0.2) is 54.2 Å². The summed E-state index contributed by atoms with van der Waals surface area (Å²) in [5, 5.41) is 5.41. The molecule has 0 aliphatic carbocycles. The van der Waals surface area contributed by atoms with Gasteiger partial charge in [-0.15, -0.1) is 0 Å². The summed E-state index contributed by atoms with van der Waals surface area (Å²) in [6, 6.07) is 4.16. The van der Waals surface area contributed by atoms with Crippen LogP contribution in [0.2, 0.25) is 0 Å². The quantitative estimate of drug-likeness (QED) is 0.316. The highest BCUT2D eigenvalue weighted by atomic mass is 16.2. The van der Waals surface area contributed by atoms with E-state index in [9.17, 15) is 19.2 Å². The molecule has 0 saturated carbocycles. The van der Waals surface area contributed by atoms with Crippen LogP contribution in [0.25, 0.3) is 0 Å². The Labute approximate surface area is 181 Å². The van der Waals surface area contributed by atoms with Gasteiger partial charge in [0.25, 0.3) is 5.91 Å². The number of likely N-dealkylation sites (N-methyl/N-ethyl adjacent to an activating group) is 1. The predicted molar refractivity (Wildman–Crippen MR) is 120 cm³/mol. The number of imide groups is 1. The van der Waals surface area contributed by atoms with Crippen molar-refractivity contribution in [1.29, 1.82) is 0 Å². The third-order valence-corrected chi connectivity index (χ3v) is 5.09. The molecule has 164 valence electrons. The molecule has 31 heavy (non-hydrogen) atoms. The van der Waals surface area contributed by atoms with Crippen LogP contribution in [-0.4, -0.2) is 55.1 Å². The number of piperidine rings is 1. The smallest absolute Gasteiger partial charge is 0.255 e. The molecule has 1 saturated heterocycles. The molecule has 8 nitrogen and oxygen atoms in total. The molecule has 3 amide bonds. The van der Waals surface area contributed by atoms with E-state index < -0.39 is 17.9 Å². The first-order valence-corrected chi connectivity index (χ1v) is 9.94. The molecule has 1 aromatic rings. The van der Waals surface area contributed by atoms with Gasteiger partial charge in [0.2, 0.25) is 11.8 Å². The molecule has 2 rings (SSSR count). The number of rotatable bonds is 9. The van der Waals surface area contributed by atoms with Crippen molar-refractivity contribution in [1.82, 2.24) is 10.2 Å². The van der Waals surface area contributed by atoms with Gasteiger partial charge in [-0.2, -0.15) is 0 Å². The van der Waals surface area contributed by atoms with E-state index in [2.05, 4.69) is 17.2 Å². The number of nitrogens with one attached hydrogen (secondary N) is 2. The third kappa shape index (κ3) is 5.99. The molecule has 4 N–H and O–H groups in total. The van der Waals surface area contributed by atoms with Crippen molar-refractivity contribution in [3.05, 3.63) is 65.3 Å². The standard InChI is InChI=1S/C23H28N4O4/c1-4-16(12-24)9-8-15(2)13-25-19-7-5-6-17(18(19)14-28)23(31)27(3)20-10-11-21(29)26-22(20)30/h4-9,14,20,25H,1,10-13,24H2,2-3H3,(H,26,29,30)/b15-8+,16-9+. The van der Waals surface area contributed by atoms with Crippen LogP contribution >= 0.6 is 0 Å². The van der Waals surface area contributed by atoms with E-state index in [4.69, 9.17) is 5.73 Å². The van der Waals surface area contributed by atoms with Crippen LogP contribution in [-0.2, 0) is 9.59 Å². The van der Waals surface area contributed by atoms with Gasteiger partial charge in [0.05, 0.1) is 11.1 Å². The van der Waals surface area contributed by atoms with E-state index in [1.165, 1.54) is 11.9 Å². The normalized spacial score (nSPS) is 17.1. The number of amides is 3. The zero-order valence-corrected chi connectivity index (χ0v) is 17.8. The molecule has 1 aliphatic rings. The number of benzene rings is 1. The monoisotopic (exact) mass is 424 g/mol. The number of carbonyl (C=O) groups excluding carboxylic acids is 4. The van der Waals surface area contributed by atoms with Crippen LogP contribution in [0, 0.1) is 0 Å². The van der Waals surface area contributed by atoms with Gasteiger partial charge < -0.3 is 16.0 Å². The van der Waals surface area contributed by atoms with Crippen molar-refractivity contribution in [3.63, 3.8) is 0 Å². The highest BCUT2D eigenvalue weighted by molar-refractivity contribution is 6.07. The zero-order chi connectivity index (χ0) is 23.0. The van der Waals surface area contributed by atoms with E-state index in [0.717, 1.165) is 11.1 Å². The Kier molecular flexibility index (Phi) is 8.45. The fourth-order valence-electron chi connectivity index (χ4n) is 3.18. The van der Waals surface area contributed by atoms with Gasteiger partial charge in [-0.1, -0.05) is 36.4 Å². The summed E-state index contributed by atoms with van der Waals surface area (Å²) in [6.07, 6.45) is 6.50. The minimum atomic E-state index is -0.764. The van der Waals surface area contributed by atoms with Crippen molar-refractivity contribution in [2.75, 3.05) is 25.5 Å². The summed E-state index contributed by atoms with van der Waals surface area (Å²) in [4.78, 5) is 49.6. The Bertz CT molecular complexity index is 949. The van der Waals surface area contributed by atoms with Gasteiger partial charge >= 0.3 is 0 Å². The van der Waals surface area contributed by atoms with Crippen molar-refractivity contribution in [3.8, 4) is 0 Å². The van der Waals surface area contributed by atoms with Gasteiger partial charge in [0.15, 0.2) is 6.29 Å². The largest absolute Gasteiger partial charge is 0.381 e. The fraction of sp³-hybridized carbons (Fsp3) is 0.304. The first-order valence-electron chi connectivity index (χ1n) is 9.94. The molecule has 8 heteroatoms. The third-order valence-electron chi connectivity index (χ3n) is 5.09. The van der Waals surface area contributed by atoms with Crippen LogP contribution in [0.5, 0.6) is 0 Å². The maximum atomic E-state index is 13.0. The molecular formula is C23H28N4O4. The summed E-state index contributed by atoms with van der Waals surface area (Å²) in [7, 11) is 1.49. The second kappa shape index (κ2) is 11.0. The van der Waals surface area contributed by atoms with E-state index in [0.29, 0.717) is 25.1 Å². The van der Waals surface area contributed by atoms with Gasteiger partial charge in [0.1, 0.15) is 6.04 Å². The lowest BCUT2D eigenvalue weighted by Gasteiger charge is -2.30. The topological polar surface area (TPSA) is 122 Å². The molecule has 0 bridgehead atoms. The summed E-state index contributed by atoms with van der Waals surface area (Å²) in [5.74, 6) is -1.33. The highest BCUT2D eigenvalue weighted by Crippen LogP contribution is 2.22. The van der Waals surface area contributed by atoms with E-state index >= 15 is 0 Å². The highest BCUT2D eigenvalue weighted by Gasteiger charge is 2.33. The van der Waals surface area contributed by atoms with Crippen LogP contribution in [0.1, 0.15) is 40.5 Å². The second-order valence-electron chi connectivity index (χ2n) is 7.28. The maximum Gasteiger partial charge on any atom is 0.255 e. The van der Waals surface area contributed by atoms with Crippen LogP contribution < -0.4 is 16.4 Å².